The molecule has 0 saturated carbocycles. The fraction of sp³-hybridized carbons (Fsp3) is 0.0588. The van der Waals surface area contributed by atoms with Gasteiger partial charge < -0.3 is 5.32 Å². The van der Waals surface area contributed by atoms with Crippen LogP contribution in [0.1, 0.15) is 5.56 Å². The van der Waals surface area contributed by atoms with Crippen molar-refractivity contribution in [3.8, 4) is 11.1 Å². The fourth-order valence-electron chi connectivity index (χ4n) is 2.83. The lowest BCUT2D eigenvalue weighted by molar-refractivity contribution is 1.15. The minimum absolute atomic E-state index is 0.910. The lowest BCUT2D eigenvalue weighted by atomic mass is 9.91. The highest BCUT2D eigenvalue weighted by Gasteiger charge is 2.16. The van der Waals surface area contributed by atoms with Crippen LogP contribution in [0.3, 0.4) is 0 Å². The van der Waals surface area contributed by atoms with Crippen molar-refractivity contribution in [2.75, 3.05) is 5.32 Å². The molecule has 0 aromatic heterocycles. The van der Waals surface area contributed by atoms with E-state index < -0.39 is 0 Å². The molecule has 0 fully saturated rings. The Bertz CT molecular complexity index is 743. The van der Waals surface area contributed by atoms with E-state index >= 15 is 0 Å². The summed E-state index contributed by atoms with van der Waals surface area (Å²) >= 11 is 0. The van der Waals surface area contributed by atoms with Crippen molar-refractivity contribution in [1.29, 1.82) is 0 Å². The molecule has 1 heteroatoms. The Balaban J connectivity index is 2.09. The van der Waals surface area contributed by atoms with Gasteiger partial charge in [0, 0.05) is 17.8 Å². The van der Waals surface area contributed by atoms with Gasteiger partial charge in [0.2, 0.25) is 0 Å². The summed E-state index contributed by atoms with van der Waals surface area (Å²) in [7, 11) is 0. The molecule has 1 nitrogen and oxygen atoms in total. The monoisotopic (exact) mass is 231 g/mol. The molecule has 1 aliphatic rings. The van der Waals surface area contributed by atoms with Crippen LogP contribution in [-0.4, -0.2) is 0 Å². The molecular formula is C17H13N. The van der Waals surface area contributed by atoms with Crippen molar-refractivity contribution < 1.29 is 0 Å². The minimum atomic E-state index is 0.910. The van der Waals surface area contributed by atoms with Crippen LogP contribution in [0.2, 0.25) is 0 Å². The molecule has 0 unspecified atom stereocenters. The zero-order chi connectivity index (χ0) is 11.9. The predicted octanol–water partition coefficient (Wildman–Crippen LogP) is 4.43. The van der Waals surface area contributed by atoms with Gasteiger partial charge in [0.15, 0.2) is 0 Å². The van der Waals surface area contributed by atoms with Crippen molar-refractivity contribution in [3.05, 3.63) is 66.2 Å². The van der Waals surface area contributed by atoms with Crippen molar-refractivity contribution in [2.24, 2.45) is 0 Å². The second-order valence-electron chi connectivity index (χ2n) is 4.71. The Morgan fingerprint density at radius 2 is 1.56 bits per heavy atom. The van der Waals surface area contributed by atoms with Gasteiger partial charge in [-0.1, -0.05) is 54.6 Å². The molecular weight excluding hydrogens is 218 g/mol. The van der Waals surface area contributed by atoms with E-state index in [0.717, 1.165) is 6.54 Å². The first-order valence-electron chi connectivity index (χ1n) is 6.27. The average molecular weight is 231 g/mol. The predicted molar refractivity (Wildman–Crippen MR) is 76.7 cm³/mol. The average Bonchev–Trinajstić information content (AvgIpc) is 2.46. The molecule has 0 saturated heterocycles. The summed E-state index contributed by atoms with van der Waals surface area (Å²) < 4.78 is 0. The van der Waals surface area contributed by atoms with Crippen molar-refractivity contribution in [2.45, 2.75) is 6.54 Å². The van der Waals surface area contributed by atoms with E-state index in [2.05, 4.69) is 66.0 Å². The molecule has 0 radical (unpaired) electrons. The number of hydrogen-bond acceptors (Lipinski definition) is 1. The number of para-hydroxylation sites is 1. The van der Waals surface area contributed by atoms with Gasteiger partial charge in [-0.3, -0.25) is 0 Å². The molecule has 0 bridgehead atoms. The summed E-state index contributed by atoms with van der Waals surface area (Å²) in [5.41, 5.74) is 5.32. The molecule has 3 aromatic carbocycles. The maximum Gasteiger partial charge on any atom is 0.0422 e. The van der Waals surface area contributed by atoms with Gasteiger partial charge in [-0.2, -0.15) is 0 Å². The van der Waals surface area contributed by atoms with Crippen LogP contribution in [0.25, 0.3) is 21.9 Å². The summed E-state index contributed by atoms with van der Waals surface area (Å²) in [6.07, 6.45) is 0. The van der Waals surface area contributed by atoms with Gasteiger partial charge in [0.05, 0.1) is 0 Å². The standard InChI is InChI=1S/C17H13N/c1-2-6-13-12(5-1)9-10-14-15-7-3-4-8-17(15)18-11-16(13)14/h1-10,18H,11H2. The van der Waals surface area contributed by atoms with Gasteiger partial charge in [-0.25, -0.2) is 0 Å². The number of benzene rings is 3. The first kappa shape index (κ1) is 9.72. The Kier molecular flexibility index (Phi) is 1.95. The van der Waals surface area contributed by atoms with Crippen LogP contribution in [-0.2, 0) is 6.54 Å². The van der Waals surface area contributed by atoms with E-state index in [1.54, 1.807) is 0 Å². The number of rotatable bonds is 0. The van der Waals surface area contributed by atoms with Crippen molar-refractivity contribution >= 4 is 16.5 Å². The summed E-state index contributed by atoms with van der Waals surface area (Å²) in [6.45, 7) is 0.910. The van der Waals surface area contributed by atoms with Gasteiger partial charge in [-0.15, -0.1) is 0 Å². The van der Waals surface area contributed by atoms with E-state index in [-0.39, 0.29) is 0 Å². The van der Waals surface area contributed by atoms with E-state index in [1.165, 1.54) is 33.2 Å². The van der Waals surface area contributed by atoms with E-state index in [4.69, 9.17) is 0 Å². The normalized spacial score (nSPS) is 12.7. The minimum Gasteiger partial charge on any atom is -0.380 e. The van der Waals surface area contributed by atoms with Crippen LogP contribution < -0.4 is 5.32 Å². The number of fused-ring (bicyclic) bond motifs is 5. The Labute approximate surface area is 106 Å². The Morgan fingerprint density at radius 1 is 0.722 bits per heavy atom. The lowest BCUT2D eigenvalue weighted by Gasteiger charge is -2.23. The zero-order valence-electron chi connectivity index (χ0n) is 9.98. The maximum absolute atomic E-state index is 3.51. The number of anilines is 1. The second-order valence-corrected chi connectivity index (χ2v) is 4.71. The van der Waals surface area contributed by atoms with E-state index in [9.17, 15) is 0 Å². The van der Waals surface area contributed by atoms with Gasteiger partial charge in [-0.05, 0) is 28.0 Å². The Hall–Kier alpha value is -2.28. The van der Waals surface area contributed by atoms with Gasteiger partial charge >= 0.3 is 0 Å². The molecule has 86 valence electrons. The van der Waals surface area contributed by atoms with Crippen LogP contribution in [0.4, 0.5) is 5.69 Å². The Morgan fingerprint density at radius 3 is 2.56 bits per heavy atom. The van der Waals surface area contributed by atoms with Crippen LogP contribution in [0.15, 0.2) is 60.7 Å². The topological polar surface area (TPSA) is 12.0 Å². The lowest BCUT2D eigenvalue weighted by Crippen LogP contribution is -2.08. The highest BCUT2D eigenvalue weighted by atomic mass is 14.9. The molecule has 4 rings (SSSR count). The van der Waals surface area contributed by atoms with Crippen LogP contribution >= 0.6 is 0 Å². The highest BCUT2D eigenvalue weighted by Crippen LogP contribution is 2.38. The highest BCUT2D eigenvalue weighted by molar-refractivity contribution is 5.95. The zero-order valence-corrected chi connectivity index (χ0v) is 9.98. The maximum atomic E-state index is 3.51. The molecule has 0 atom stereocenters. The fourth-order valence-corrected chi connectivity index (χ4v) is 2.83. The summed E-state index contributed by atoms with van der Waals surface area (Å²) in [5.74, 6) is 0. The number of nitrogens with one attached hydrogen (secondary N) is 1. The molecule has 18 heavy (non-hydrogen) atoms. The first-order chi connectivity index (χ1) is 8.93. The third-order valence-corrected chi connectivity index (χ3v) is 3.71. The molecule has 1 aliphatic heterocycles. The van der Waals surface area contributed by atoms with E-state index in [0.29, 0.717) is 0 Å². The van der Waals surface area contributed by atoms with Gasteiger partial charge in [0.1, 0.15) is 0 Å². The largest absolute Gasteiger partial charge is 0.380 e. The summed E-state index contributed by atoms with van der Waals surface area (Å²) in [4.78, 5) is 0. The second kappa shape index (κ2) is 3.61. The smallest absolute Gasteiger partial charge is 0.0422 e. The van der Waals surface area contributed by atoms with Crippen molar-refractivity contribution in [1.82, 2.24) is 0 Å². The third-order valence-electron chi connectivity index (χ3n) is 3.71. The molecule has 0 aliphatic carbocycles. The van der Waals surface area contributed by atoms with E-state index in [1.807, 2.05) is 0 Å². The molecule has 0 amide bonds. The molecule has 1 N–H and O–H groups in total. The first-order valence-corrected chi connectivity index (χ1v) is 6.27. The summed E-state index contributed by atoms with van der Waals surface area (Å²) in [5, 5.41) is 6.19. The van der Waals surface area contributed by atoms with Crippen molar-refractivity contribution in [3.63, 3.8) is 0 Å². The summed E-state index contributed by atoms with van der Waals surface area (Å²) in [6, 6.07) is 21.6. The molecule has 0 spiro atoms. The van der Waals surface area contributed by atoms with Crippen LogP contribution in [0.5, 0.6) is 0 Å². The SMILES string of the molecule is c1ccc2c(c1)NCc1c-2ccc2ccccc12. The molecule has 3 aromatic rings. The number of hydrogen-bond donors (Lipinski definition) is 1. The van der Waals surface area contributed by atoms with Crippen LogP contribution in [0, 0.1) is 0 Å². The molecule has 1 heterocycles. The van der Waals surface area contributed by atoms with Gasteiger partial charge in [0.25, 0.3) is 0 Å². The third kappa shape index (κ3) is 1.28. The quantitative estimate of drug-likeness (QED) is 0.603.